The molecule has 16 heavy (non-hydrogen) atoms. The normalized spacial score (nSPS) is 13.1. The highest BCUT2D eigenvalue weighted by Gasteiger charge is 2.24. The second-order valence-electron chi connectivity index (χ2n) is 5.35. The summed E-state index contributed by atoms with van der Waals surface area (Å²) in [4.78, 5) is 0. The number of ether oxygens (including phenoxy) is 2. The van der Waals surface area contributed by atoms with Crippen LogP contribution in [-0.2, 0) is 9.47 Å². The second-order valence-corrected chi connectivity index (χ2v) is 5.91. The Kier molecular flexibility index (Phi) is 7.87. The fraction of sp³-hybridized carbons (Fsp3) is 1.00. The molecule has 0 unspecified atom stereocenters. The lowest BCUT2D eigenvalue weighted by Gasteiger charge is -2.29. The SMILES string of the molecule is CCC(CC)(CBr)COCCOC(C)(C)C. The maximum Gasteiger partial charge on any atom is 0.0707 e. The molecule has 3 heteroatoms. The van der Waals surface area contributed by atoms with Crippen LogP contribution in [0.5, 0.6) is 0 Å². The fourth-order valence-corrected chi connectivity index (χ4v) is 2.33. The van der Waals surface area contributed by atoms with Gasteiger partial charge in [-0.25, -0.2) is 0 Å². The second kappa shape index (κ2) is 7.67. The Labute approximate surface area is 109 Å². The first-order valence-electron chi connectivity index (χ1n) is 6.17. The fourth-order valence-electron chi connectivity index (χ4n) is 1.38. The third-order valence-electron chi connectivity index (χ3n) is 2.95. The molecule has 0 saturated carbocycles. The third-order valence-corrected chi connectivity index (χ3v) is 4.14. The molecule has 0 N–H and O–H groups in total. The number of hydrogen-bond acceptors (Lipinski definition) is 2. The molecule has 0 aliphatic carbocycles. The van der Waals surface area contributed by atoms with E-state index in [4.69, 9.17) is 9.47 Å². The van der Waals surface area contributed by atoms with E-state index >= 15 is 0 Å². The van der Waals surface area contributed by atoms with Crippen molar-refractivity contribution in [2.45, 2.75) is 53.1 Å². The van der Waals surface area contributed by atoms with E-state index in [1.165, 1.54) is 0 Å². The van der Waals surface area contributed by atoms with Crippen LogP contribution in [0.15, 0.2) is 0 Å². The predicted octanol–water partition coefficient (Wildman–Crippen LogP) is 4.02. The maximum atomic E-state index is 5.71. The summed E-state index contributed by atoms with van der Waals surface area (Å²) in [6.45, 7) is 12.8. The zero-order valence-corrected chi connectivity index (χ0v) is 13.0. The van der Waals surface area contributed by atoms with Crippen LogP contribution in [0.1, 0.15) is 47.5 Å². The van der Waals surface area contributed by atoms with Crippen LogP contribution in [0.3, 0.4) is 0 Å². The van der Waals surface area contributed by atoms with Gasteiger partial charge in [0.15, 0.2) is 0 Å². The molecule has 0 aliphatic heterocycles. The molecule has 0 aromatic rings. The molecule has 0 radical (unpaired) electrons. The quantitative estimate of drug-likeness (QED) is 0.497. The van der Waals surface area contributed by atoms with Crippen molar-refractivity contribution in [1.29, 1.82) is 0 Å². The monoisotopic (exact) mass is 294 g/mol. The van der Waals surface area contributed by atoms with Crippen LogP contribution >= 0.6 is 15.9 Å². The molecule has 0 aromatic heterocycles. The summed E-state index contributed by atoms with van der Waals surface area (Å²) in [6.07, 6.45) is 2.30. The van der Waals surface area contributed by atoms with Gasteiger partial charge in [-0.3, -0.25) is 0 Å². The van der Waals surface area contributed by atoms with Crippen LogP contribution in [0, 0.1) is 5.41 Å². The Balaban J connectivity index is 3.71. The number of rotatable bonds is 8. The molecule has 0 atom stereocenters. The van der Waals surface area contributed by atoms with Crippen molar-refractivity contribution in [2.24, 2.45) is 5.41 Å². The lowest BCUT2D eigenvalue weighted by molar-refractivity contribution is -0.0471. The molecule has 98 valence electrons. The van der Waals surface area contributed by atoms with E-state index < -0.39 is 0 Å². The van der Waals surface area contributed by atoms with Crippen molar-refractivity contribution in [3.63, 3.8) is 0 Å². The lowest BCUT2D eigenvalue weighted by Crippen LogP contribution is -2.29. The van der Waals surface area contributed by atoms with Gasteiger partial charge >= 0.3 is 0 Å². The summed E-state index contributed by atoms with van der Waals surface area (Å²) in [5.74, 6) is 0. The molecular weight excluding hydrogens is 268 g/mol. The van der Waals surface area contributed by atoms with E-state index in [0.717, 1.165) is 24.8 Å². The van der Waals surface area contributed by atoms with E-state index in [0.29, 0.717) is 18.6 Å². The highest BCUT2D eigenvalue weighted by molar-refractivity contribution is 9.09. The first kappa shape index (κ1) is 16.4. The molecule has 0 aliphatic rings. The van der Waals surface area contributed by atoms with Gasteiger partial charge in [-0.1, -0.05) is 29.8 Å². The molecule has 0 fully saturated rings. The van der Waals surface area contributed by atoms with Gasteiger partial charge in [-0.2, -0.15) is 0 Å². The van der Waals surface area contributed by atoms with Gasteiger partial charge in [0.1, 0.15) is 0 Å². The van der Waals surface area contributed by atoms with Gasteiger partial charge in [0, 0.05) is 10.7 Å². The van der Waals surface area contributed by atoms with Gasteiger partial charge in [0.25, 0.3) is 0 Å². The minimum absolute atomic E-state index is 0.0641. The third kappa shape index (κ3) is 6.87. The topological polar surface area (TPSA) is 18.5 Å². The summed E-state index contributed by atoms with van der Waals surface area (Å²) in [5, 5.41) is 1.01. The highest BCUT2D eigenvalue weighted by atomic mass is 79.9. The summed E-state index contributed by atoms with van der Waals surface area (Å²) >= 11 is 3.58. The molecule has 0 saturated heterocycles. The number of hydrogen-bond donors (Lipinski definition) is 0. The van der Waals surface area contributed by atoms with Crippen LogP contribution in [-0.4, -0.2) is 30.8 Å². The van der Waals surface area contributed by atoms with E-state index in [1.54, 1.807) is 0 Å². The van der Waals surface area contributed by atoms with Gasteiger partial charge < -0.3 is 9.47 Å². The van der Waals surface area contributed by atoms with Gasteiger partial charge in [0.05, 0.1) is 25.4 Å². The zero-order chi connectivity index (χ0) is 12.7. The lowest BCUT2D eigenvalue weighted by atomic mass is 9.86. The van der Waals surface area contributed by atoms with Gasteiger partial charge in [0.2, 0.25) is 0 Å². The van der Waals surface area contributed by atoms with Crippen molar-refractivity contribution >= 4 is 15.9 Å². The van der Waals surface area contributed by atoms with Crippen LogP contribution in [0.4, 0.5) is 0 Å². The molecule has 0 aromatic carbocycles. The number of halogens is 1. The van der Waals surface area contributed by atoms with E-state index in [9.17, 15) is 0 Å². The predicted molar refractivity (Wildman–Crippen MR) is 73.3 cm³/mol. The Morgan fingerprint density at radius 3 is 1.94 bits per heavy atom. The Bertz CT molecular complexity index is 163. The molecule has 2 nitrogen and oxygen atoms in total. The summed E-state index contributed by atoms with van der Waals surface area (Å²) in [7, 11) is 0. The molecule has 0 rings (SSSR count). The summed E-state index contributed by atoms with van der Waals surface area (Å²) in [5.41, 5.74) is 0.229. The van der Waals surface area contributed by atoms with E-state index in [1.807, 2.05) is 0 Å². The first-order chi connectivity index (χ1) is 7.39. The minimum Gasteiger partial charge on any atom is -0.378 e. The summed E-state index contributed by atoms with van der Waals surface area (Å²) < 4.78 is 11.3. The molecule has 0 amide bonds. The smallest absolute Gasteiger partial charge is 0.0707 e. The van der Waals surface area contributed by atoms with Crippen molar-refractivity contribution in [2.75, 3.05) is 25.2 Å². The average Bonchev–Trinajstić information content (AvgIpc) is 2.23. The summed E-state index contributed by atoms with van der Waals surface area (Å²) in [6, 6.07) is 0. The van der Waals surface area contributed by atoms with Gasteiger partial charge in [-0.15, -0.1) is 0 Å². The Hall–Kier alpha value is 0.400. The Morgan fingerprint density at radius 1 is 1.00 bits per heavy atom. The maximum absolute atomic E-state index is 5.71. The highest BCUT2D eigenvalue weighted by Crippen LogP contribution is 2.28. The standard InChI is InChI=1S/C13H27BrO2/c1-6-13(7-2,10-14)11-15-8-9-16-12(3,4)5/h6-11H2,1-5H3. The molecular formula is C13H27BrO2. The van der Waals surface area contributed by atoms with Gasteiger partial charge in [-0.05, 0) is 33.6 Å². The number of alkyl halides is 1. The minimum atomic E-state index is -0.0641. The molecule has 0 bridgehead atoms. The first-order valence-corrected chi connectivity index (χ1v) is 7.29. The van der Waals surface area contributed by atoms with Crippen LogP contribution in [0.25, 0.3) is 0 Å². The average molecular weight is 295 g/mol. The van der Waals surface area contributed by atoms with E-state index in [2.05, 4.69) is 50.5 Å². The van der Waals surface area contributed by atoms with E-state index in [-0.39, 0.29) is 5.60 Å². The molecule has 0 heterocycles. The molecule has 0 spiro atoms. The van der Waals surface area contributed by atoms with Crippen molar-refractivity contribution in [1.82, 2.24) is 0 Å². The largest absolute Gasteiger partial charge is 0.378 e. The van der Waals surface area contributed by atoms with Crippen molar-refractivity contribution in [3.8, 4) is 0 Å². The van der Waals surface area contributed by atoms with Crippen LogP contribution < -0.4 is 0 Å². The van der Waals surface area contributed by atoms with Crippen molar-refractivity contribution < 1.29 is 9.47 Å². The zero-order valence-electron chi connectivity index (χ0n) is 11.4. The Morgan fingerprint density at radius 2 is 1.56 bits per heavy atom. The van der Waals surface area contributed by atoms with Crippen molar-refractivity contribution in [3.05, 3.63) is 0 Å². The van der Waals surface area contributed by atoms with Crippen LogP contribution in [0.2, 0.25) is 0 Å².